The molecule has 0 fully saturated rings. The molecule has 0 aromatic carbocycles. The van der Waals surface area contributed by atoms with Crippen LogP contribution in [0.3, 0.4) is 0 Å². The molecule has 3 nitrogen and oxygen atoms in total. The topological polar surface area (TPSA) is 26.5 Å². The molecular weight excluding hydrogens is 116 g/mol. The molecule has 0 unspecified atom stereocenters. The fourth-order valence-electron chi connectivity index (χ4n) is 0.845. The minimum atomic E-state index is 0.817. The Kier molecular flexibility index (Phi) is 0.828. The van der Waals surface area contributed by atoms with Gasteiger partial charge in [0.25, 0.3) is 0 Å². The minimum Gasteiger partial charge on any atom is -0.339 e. The van der Waals surface area contributed by atoms with Gasteiger partial charge in [0.05, 0.1) is 12.8 Å². The summed E-state index contributed by atoms with van der Waals surface area (Å²) in [6.07, 6.45) is 3.69. The summed E-state index contributed by atoms with van der Waals surface area (Å²) in [5.74, 6) is 0.817. The average molecular weight is 122 g/mol. The summed E-state index contributed by atoms with van der Waals surface area (Å²) in [7, 11) is 0. The molecule has 0 aliphatic carbocycles. The monoisotopic (exact) mass is 122 g/mol. The van der Waals surface area contributed by atoms with E-state index >= 15 is 0 Å². The standard InChI is InChI=1S/C6H6N2O/c1-2-6-8(4-1)5-3-7-9-6/h1-4H,5H2. The number of fused-ring (bicyclic) bond motifs is 1. The zero-order valence-electron chi connectivity index (χ0n) is 4.82. The van der Waals surface area contributed by atoms with Crippen LogP contribution in [0.5, 0.6) is 5.88 Å². The highest BCUT2D eigenvalue weighted by atomic mass is 16.6. The maximum atomic E-state index is 4.90. The van der Waals surface area contributed by atoms with Crippen LogP contribution < -0.4 is 4.84 Å². The summed E-state index contributed by atoms with van der Waals surface area (Å²) in [6, 6.07) is 3.82. The molecule has 0 amide bonds. The van der Waals surface area contributed by atoms with Gasteiger partial charge in [-0.05, 0) is 6.07 Å². The van der Waals surface area contributed by atoms with E-state index in [9.17, 15) is 0 Å². The predicted octanol–water partition coefficient (Wildman–Crippen LogP) is 0.866. The van der Waals surface area contributed by atoms with Gasteiger partial charge in [0.1, 0.15) is 0 Å². The lowest BCUT2D eigenvalue weighted by Gasteiger charge is -2.06. The van der Waals surface area contributed by atoms with Gasteiger partial charge in [0, 0.05) is 12.3 Å². The van der Waals surface area contributed by atoms with Crippen molar-refractivity contribution < 1.29 is 4.84 Å². The largest absolute Gasteiger partial charge is 0.339 e. The summed E-state index contributed by atoms with van der Waals surface area (Å²) in [4.78, 5) is 4.90. The summed E-state index contributed by atoms with van der Waals surface area (Å²) >= 11 is 0. The van der Waals surface area contributed by atoms with Gasteiger partial charge in [0.2, 0.25) is 5.88 Å². The first-order chi connectivity index (χ1) is 4.47. The third-order valence-electron chi connectivity index (χ3n) is 1.29. The molecule has 0 N–H and O–H groups in total. The van der Waals surface area contributed by atoms with E-state index in [2.05, 4.69) is 5.16 Å². The van der Waals surface area contributed by atoms with E-state index < -0.39 is 0 Å². The summed E-state index contributed by atoms with van der Waals surface area (Å²) in [5, 5.41) is 3.64. The molecule has 0 bridgehead atoms. The molecule has 0 radical (unpaired) electrons. The smallest absolute Gasteiger partial charge is 0.229 e. The Hall–Kier alpha value is -1.25. The fourth-order valence-corrected chi connectivity index (χ4v) is 0.845. The second kappa shape index (κ2) is 1.62. The molecule has 1 aromatic rings. The number of hydrogen-bond donors (Lipinski definition) is 0. The molecule has 1 aromatic heterocycles. The van der Waals surface area contributed by atoms with E-state index in [-0.39, 0.29) is 0 Å². The Balaban J connectivity index is 2.46. The zero-order chi connectivity index (χ0) is 6.10. The molecule has 1 aliphatic rings. The molecule has 0 saturated carbocycles. The van der Waals surface area contributed by atoms with Crippen molar-refractivity contribution in [2.24, 2.45) is 5.16 Å². The normalized spacial score (nSPS) is 14.7. The molecule has 2 rings (SSSR count). The Morgan fingerprint density at radius 1 is 1.67 bits per heavy atom. The first kappa shape index (κ1) is 4.61. The Morgan fingerprint density at radius 3 is 3.56 bits per heavy atom. The summed E-state index contributed by atoms with van der Waals surface area (Å²) in [6.45, 7) is 0.822. The van der Waals surface area contributed by atoms with E-state index in [4.69, 9.17) is 4.84 Å². The highest BCUT2D eigenvalue weighted by molar-refractivity contribution is 5.57. The Bertz CT molecular complexity index is 216. The van der Waals surface area contributed by atoms with Gasteiger partial charge in [-0.25, -0.2) is 0 Å². The molecule has 2 heterocycles. The van der Waals surface area contributed by atoms with Crippen molar-refractivity contribution in [1.82, 2.24) is 4.57 Å². The van der Waals surface area contributed by atoms with Crippen molar-refractivity contribution in [2.75, 3.05) is 0 Å². The molecular formula is C6H6N2O. The zero-order valence-corrected chi connectivity index (χ0v) is 4.82. The molecule has 0 spiro atoms. The van der Waals surface area contributed by atoms with Crippen molar-refractivity contribution in [1.29, 1.82) is 0 Å². The van der Waals surface area contributed by atoms with Gasteiger partial charge in [-0.15, -0.1) is 0 Å². The fraction of sp³-hybridized carbons (Fsp3) is 0.167. The third-order valence-corrected chi connectivity index (χ3v) is 1.29. The lowest BCUT2D eigenvalue weighted by Crippen LogP contribution is -2.05. The number of nitrogens with zero attached hydrogens (tertiary/aromatic N) is 2. The second-order valence-electron chi connectivity index (χ2n) is 1.88. The lowest BCUT2D eigenvalue weighted by atomic mass is 10.6. The van der Waals surface area contributed by atoms with Crippen LogP contribution >= 0.6 is 0 Å². The number of aromatic nitrogens is 1. The Morgan fingerprint density at radius 2 is 2.67 bits per heavy atom. The molecule has 0 saturated heterocycles. The van der Waals surface area contributed by atoms with Gasteiger partial charge in [-0.3, -0.25) is 0 Å². The molecule has 9 heavy (non-hydrogen) atoms. The highest BCUT2D eigenvalue weighted by Gasteiger charge is 2.02. The molecule has 0 atom stereocenters. The van der Waals surface area contributed by atoms with Crippen molar-refractivity contribution in [3.8, 4) is 5.88 Å². The highest BCUT2D eigenvalue weighted by Crippen LogP contribution is 2.13. The number of hydrogen-bond acceptors (Lipinski definition) is 2. The Labute approximate surface area is 52.5 Å². The van der Waals surface area contributed by atoms with Gasteiger partial charge in [-0.1, -0.05) is 5.16 Å². The van der Waals surface area contributed by atoms with Crippen molar-refractivity contribution in [2.45, 2.75) is 6.54 Å². The summed E-state index contributed by atoms with van der Waals surface area (Å²) in [5.41, 5.74) is 0. The second-order valence-corrected chi connectivity index (χ2v) is 1.88. The van der Waals surface area contributed by atoms with Crippen LogP contribution in [0.4, 0.5) is 0 Å². The number of oxime groups is 1. The van der Waals surface area contributed by atoms with Crippen LogP contribution in [0.1, 0.15) is 0 Å². The average Bonchev–Trinajstić information content (AvgIpc) is 2.33. The predicted molar refractivity (Wildman–Crippen MR) is 33.6 cm³/mol. The van der Waals surface area contributed by atoms with E-state index in [0.717, 1.165) is 12.4 Å². The third kappa shape index (κ3) is 0.614. The molecule has 1 aliphatic heterocycles. The van der Waals surface area contributed by atoms with Crippen LogP contribution in [0.2, 0.25) is 0 Å². The van der Waals surface area contributed by atoms with E-state index in [1.54, 1.807) is 6.21 Å². The quantitative estimate of drug-likeness (QED) is 0.501. The van der Waals surface area contributed by atoms with Gasteiger partial charge in [-0.2, -0.15) is 0 Å². The lowest BCUT2D eigenvalue weighted by molar-refractivity contribution is 0.302. The van der Waals surface area contributed by atoms with Gasteiger partial charge in [0.15, 0.2) is 0 Å². The van der Waals surface area contributed by atoms with Crippen LogP contribution in [0.25, 0.3) is 0 Å². The van der Waals surface area contributed by atoms with E-state index in [1.165, 1.54) is 0 Å². The SMILES string of the molecule is C1=NOc2cccn2C1. The number of rotatable bonds is 0. The van der Waals surface area contributed by atoms with Crippen LogP contribution in [-0.2, 0) is 6.54 Å². The summed E-state index contributed by atoms with van der Waals surface area (Å²) < 4.78 is 1.98. The van der Waals surface area contributed by atoms with Crippen LogP contribution in [-0.4, -0.2) is 10.8 Å². The van der Waals surface area contributed by atoms with Crippen LogP contribution in [0.15, 0.2) is 23.5 Å². The van der Waals surface area contributed by atoms with E-state index in [0.29, 0.717) is 0 Å². The van der Waals surface area contributed by atoms with Crippen molar-refractivity contribution in [3.05, 3.63) is 18.3 Å². The van der Waals surface area contributed by atoms with Gasteiger partial charge < -0.3 is 9.40 Å². The minimum absolute atomic E-state index is 0.817. The van der Waals surface area contributed by atoms with Crippen molar-refractivity contribution in [3.63, 3.8) is 0 Å². The molecule has 3 heteroatoms. The van der Waals surface area contributed by atoms with Gasteiger partial charge >= 0.3 is 0 Å². The first-order valence-electron chi connectivity index (χ1n) is 2.81. The van der Waals surface area contributed by atoms with Crippen molar-refractivity contribution >= 4 is 6.21 Å². The van der Waals surface area contributed by atoms with Crippen LogP contribution in [0, 0.1) is 0 Å². The molecule has 46 valence electrons. The maximum Gasteiger partial charge on any atom is 0.229 e. The van der Waals surface area contributed by atoms with E-state index in [1.807, 2.05) is 22.9 Å². The first-order valence-corrected chi connectivity index (χ1v) is 2.81. The maximum absolute atomic E-state index is 4.90.